The molecule has 58 valence electrons. The Balaban J connectivity index is 4.08. The molecular formula is C6H12N2OS. The highest BCUT2D eigenvalue weighted by molar-refractivity contribution is 7.80. The Bertz CT molecular complexity index is 156. The zero-order chi connectivity index (χ0) is 8.31. The van der Waals surface area contributed by atoms with Gasteiger partial charge in [0.1, 0.15) is 0 Å². The third-order valence-electron chi connectivity index (χ3n) is 1.16. The molecule has 10 heavy (non-hydrogen) atoms. The van der Waals surface area contributed by atoms with E-state index in [4.69, 9.17) is 5.73 Å². The molecule has 4 heteroatoms. The van der Waals surface area contributed by atoms with Crippen LogP contribution in [0.25, 0.3) is 0 Å². The Kier molecular flexibility index (Phi) is 3.28. The molecule has 3 nitrogen and oxygen atoms in total. The lowest BCUT2D eigenvalue weighted by atomic mass is 10.2. The van der Waals surface area contributed by atoms with Crippen molar-refractivity contribution in [2.24, 2.45) is 11.7 Å². The van der Waals surface area contributed by atoms with Gasteiger partial charge in [0.05, 0.1) is 0 Å². The third kappa shape index (κ3) is 2.31. The van der Waals surface area contributed by atoms with E-state index in [9.17, 15) is 4.79 Å². The van der Waals surface area contributed by atoms with Gasteiger partial charge in [0.2, 0.25) is 5.91 Å². The highest BCUT2D eigenvalue weighted by atomic mass is 32.1. The van der Waals surface area contributed by atoms with Crippen molar-refractivity contribution in [3.8, 4) is 0 Å². The molecule has 0 aliphatic heterocycles. The number of carbonyl (C=O) groups excluding carboxylic acids is 1. The van der Waals surface area contributed by atoms with Crippen LogP contribution in [0, 0.1) is 5.92 Å². The molecule has 0 fully saturated rings. The first kappa shape index (κ1) is 9.36. The van der Waals surface area contributed by atoms with Gasteiger partial charge in [-0.15, -0.1) is 0 Å². The van der Waals surface area contributed by atoms with Crippen LogP contribution in [-0.4, -0.2) is 23.0 Å². The molecule has 0 spiro atoms. The van der Waals surface area contributed by atoms with Gasteiger partial charge in [0.15, 0.2) is 5.11 Å². The third-order valence-corrected chi connectivity index (χ3v) is 1.43. The molecule has 0 rings (SSSR count). The summed E-state index contributed by atoms with van der Waals surface area (Å²) in [5.41, 5.74) is 5.21. The van der Waals surface area contributed by atoms with E-state index >= 15 is 0 Å². The zero-order valence-corrected chi connectivity index (χ0v) is 7.23. The Labute approximate surface area is 66.2 Å². The normalized spacial score (nSPS) is 9.60. The predicted molar refractivity (Wildman–Crippen MR) is 44.4 cm³/mol. The van der Waals surface area contributed by atoms with Crippen molar-refractivity contribution in [2.45, 2.75) is 13.8 Å². The lowest BCUT2D eigenvalue weighted by Crippen LogP contribution is -2.39. The molecule has 0 unspecified atom stereocenters. The van der Waals surface area contributed by atoms with Crippen molar-refractivity contribution in [1.82, 2.24) is 4.90 Å². The average Bonchev–Trinajstić information content (AvgIpc) is 1.84. The summed E-state index contributed by atoms with van der Waals surface area (Å²) in [5.74, 6) is -0.0981. The summed E-state index contributed by atoms with van der Waals surface area (Å²) in [6, 6.07) is 0. The number of hydrogen-bond acceptors (Lipinski definition) is 2. The lowest BCUT2D eigenvalue weighted by Gasteiger charge is -2.16. The average molecular weight is 160 g/mol. The summed E-state index contributed by atoms with van der Waals surface area (Å²) in [7, 11) is 1.57. The van der Waals surface area contributed by atoms with E-state index in [1.807, 2.05) is 0 Å². The summed E-state index contributed by atoms with van der Waals surface area (Å²) in [6.45, 7) is 3.61. The number of thiocarbonyl (C=S) groups is 1. The van der Waals surface area contributed by atoms with Crippen LogP contribution in [0.15, 0.2) is 0 Å². The van der Waals surface area contributed by atoms with Gasteiger partial charge in [-0.3, -0.25) is 9.69 Å². The van der Waals surface area contributed by atoms with Crippen LogP contribution in [0.2, 0.25) is 0 Å². The van der Waals surface area contributed by atoms with Crippen LogP contribution in [0.3, 0.4) is 0 Å². The van der Waals surface area contributed by atoms with Crippen molar-refractivity contribution in [3.05, 3.63) is 0 Å². The SMILES string of the molecule is CC(C)C(=O)N(C)C(N)=S. The summed E-state index contributed by atoms with van der Waals surface area (Å²) >= 11 is 4.60. The number of nitrogens with two attached hydrogens (primary N) is 1. The molecule has 0 heterocycles. The molecule has 0 saturated heterocycles. The maximum absolute atomic E-state index is 11.0. The molecule has 0 radical (unpaired) electrons. The maximum Gasteiger partial charge on any atom is 0.231 e. The van der Waals surface area contributed by atoms with Crippen LogP contribution in [0.4, 0.5) is 0 Å². The first-order valence-corrected chi connectivity index (χ1v) is 3.44. The van der Waals surface area contributed by atoms with E-state index in [0.717, 1.165) is 0 Å². The zero-order valence-electron chi connectivity index (χ0n) is 6.42. The van der Waals surface area contributed by atoms with E-state index in [2.05, 4.69) is 12.2 Å². The van der Waals surface area contributed by atoms with Crippen molar-refractivity contribution >= 4 is 23.2 Å². The van der Waals surface area contributed by atoms with E-state index in [-0.39, 0.29) is 16.9 Å². The monoisotopic (exact) mass is 160 g/mol. The fraction of sp³-hybridized carbons (Fsp3) is 0.667. The smallest absolute Gasteiger partial charge is 0.231 e. The fourth-order valence-electron chi connectivity index (χ4n) is 0.496. The van der Waals surface area contributed by atoms with E-state index in [1.165, 1.54) is 4.90 Å². The molecule has 0 aromatic carbocycles. The minimum absolute atomic E-state index is 0.0486. The Morgan fingerprint density at radius 1 is 1.60 bits per heavy atom. The first-order valence-electron chi connectivity index (χ1n) is 3.03. The van der Waals surface area contributed by atoms with E-state index < -0.39 is 0 Å². The minimum atomic E-state index is -0.0495. The van der Waals surface area contributed by atoms with Gasteiger partial charge < -0.3 is 5.73 Å². The number of nitrogens with zero attached hydrogens (tertiary/aromatic N) is 1. The largest absolute Gasteiger partial charge is 0.376 e. The van der Waals surface area contributed by atoms with Gasteiger partial charge in [0.25, 0.3) is 0 Å². The van der Waals surface area contributed by atoms with Crippen molar-refractivity contribution in [2.75, 3.05) is 7.05 Å². The molecule has 0 bridgehead atoms. The van der Waals surface area contributed by atoms with Gasteiger partial charge in [-0.2, -0.15) is 0 Å². The molecule has 0 aromatic heterocycles. The molecular weight excluding hydrogens is 148 g/mol. The second kappa shape index (κ2) is 3.51. The highest BCUT2D eigenvalue weighted by Gasteiger charge is 2.13. The van der Waals surface area contributed by atoms with Gasteiger partial charge in [-0.1, -0.05) is 13.8 Å². The van der Waals surface area contributed by atoms with Gasteiger partial charge in [-0.25, -0.2) is 0 Å². The van der Waals surface area contributed by atoms with Gasteiger partial charge >= 0.3 is 0 Å². The van der Waals surface area contributed by atoms with Crippen LogP contribution < -0.4 is 5.73 Å². The second-order valence-corrected chi connectivity index (χ2v) is 2.81. The summed E-state index contributed by atoms with van der Waals surface area (Å²) in [5, 5.41) is 0.124. The summed E-state index contributed by atoms with van der Waals surface area (Å²) in [4.78, 5) is 12.3. The molecule has 1 amide bonds. The van der Waals surface area contributed by atoms with Crippen LogP contribution in [-0.2, 0) is 4.79 Å². The second-order valence-electron chi connectivity index (χ2n) is 2.39. The first-order chi connectivity index (χ1) is 4.46. The fourth-order valence-corrected chi connectivity index (χ4v) is 0.586. The van der Waals surface area contributed by atoms with Crippen LogP contribution >= 0.6 is 12.2 Å². The molecule has 0 aliphatic carbocycles. The number of rotatable bonds is 1. The van der Waals surface area contributed by atoms with Gasteiger partial charge in [-0.05, 0) is 12.2 Å². The topological polar surface area (TPSA) is 46.3 Å². The minimum Gasteiger partial charge on any atom is -0.376 e. The summed E-state index contributed by atoms with van der Waals surface area (Å²) < 4.78 is 0. The summed E-state index contributed by atoms with van der Waals surface area (Å²) in [6.07, 6.45) is 0. The number of hydrogen-bond donors (Lipinski definition) is 1. The molecule has 0 atom stereocenters. The molecule has 0 aliphatic rings. The Hall–Kier alpha value is -0.640. The maximum atomic E-state index is 11.0. The van der Waals surface area contributed by atoms with Crippen LogP contribution in [0.5, 0.6) is 0 Å². The lowest BCUT2D eigenvalue weighted by molar-refractivity contribution is -0.129. The highest BCUT2D eigenvalue weighted by Crippen LogP contribution is 1.97. The predicted octanol–water partition coefficient (Wildman–Crippen LogP) is 0.344. The molecule has 0 aromatic rings. The quantitative estimate of drug-likeness (QED) is 0.563. The van der Waals surface area contributed by atoms with Crippen molar-refractivity contribution in [1.29, 1.82) is 0 Å². The van der Waals surface area contributed by atoms with Crippen molar-refractivity contribution in [3.63, 3.8) is 0 Å². The van der Waals surface area contributed by atoms with E-state index in [1.54, 1.807) is 20.9 Å². The number of amides is 1. The standard InChI is InChI=1S/C6H12N2OS/c1-4(2)5(9)8(3)6(7)10/h4H,1-3H3,(H2,7,10). The van der Waals surface area contributed by atoms with Gasteiger partial charge in [0, 0.05) is 13.0 Å². The number of carbonyl (C=O) groups is 1. The molecule has 0 saturated carbocycles. The van der Waals surface area contributed by atoms with Crippen LogP contribution in [0.1, 0.15) is 13.8 Å². The molecule has 2 N–H and O–H groups in total. The van der Waals surface area contributed by atoms with Crippen molar-refractivity contribution < 1.29 is 4.79 Å². The van der Waals surface area contributed by atoms with E-state index in [0.29, 0.717) is 0 Å². The Morgan fingerprint density at radius 2 is 2.00 bits per heavy atom. The Morgan fingerprint density at radius 3 is 2.10 bits per heavy atom.